The standard InChI is InChI=1S/C15H17F3N4O2/c1-3-9-10(7-19)13(23)22(20-11(9)4-2)12-5-6-21(14(12)24)8-15(16,17)18/h12H,3-6,8H2,1-2H3/t12-/m0/s1. The summed E-state index contributed by atoms with van der Waals surface area (Å²) >= 11 is 0. The van der Waals surface area contributed by atoms with Crippen LogP contribution in [0.3, 0.4) is 0 Å². The van der Waals surface area contributed by atoms with Gasteiger partial charge in [-0.25, -0.2) is 4.68 Å². The summed E-state index contributed by atoms with van der Waals surface area (Å²) < 4.78 is 38.4. The number of amides is 1. The van der Waals surface area contributed by atoms with Gasteiger partial charge in [0.1, 0.15) is 24.2 Å². The third-order valence-corrected chi connectivity index (χ3v) is 4.04. The molecule has 0 spiro atoms. The fourth-order valence-corrected chi connectivity index (χ4v) is 2.94. The number of nitrogens with zero attached hydrogens (tertiary/aromatic N) is 4. The Morgan fingerprint density at radius 1 is 1.29 bits per heavy atom. The fraction of sp³-hybridized carbons (Fsp3) is 0.600. The van der Waals surface area contributed by atoms with Crippen molar-refractivity contribution in [1.29, 1.82) is 5.26 Å². The molecule has 24 heavy (non-hydrogen) atoms. The van der Waals surface area contributed by atoms with Crippen molar-refractivity contribution in [2.45, 2.75) is 45.3 Å². The summed E-state index contributed by atoms with van der Waals surface area (Å²) in [6.45, 7) is 2.13. The van der Waals surface area contributed by atoms with Crippen molar-refractivity contribution < 1.29 is 18.0 Å². The Bertz CT molecular complexity index is 749. The van der Waals surface area contributed by atoms with E-state index in [-0.39, 0.29) is 18.5 Å². The van der Waals surface area contributed by atoms with Gasteiger partial charge in [-0.3, -0.25) is 9.59 Å². The quantitative estimate of drug-likeness (QED) is 0.832. The highest BCUT2D eigenvalue weighted by Gasteiger charge is 2.41. The van der Waals surface area contributed by atoms with E-state index in [4.69, 9.17) is 0 Å². The molecule has 1 saturated heterocycles. The van der Waals surface area contributed by atoms with Crippen LogP contribution in [0.1, 0.15) is 43.1 Å². The highest BCUT2D eigenvalue weighted by Crippen LogP contribution is 2.26. The van der Waals surface area contributed by atoms with Gasteiger partial charge in [-0.2, -0.15) is 23.5 Å². The Morgan fingerprint density at radius 3 is 2.46 bits per heavy atom. The summed E-state index contributed by atoms with van der Waals surface area (Å²) in [5.41, 5.74) is 0.222. The highest BCUT2D eigenvalue weighted by molar-refractivity contribution is 5.82. The van der Waals surface area contributed by atoms with Gasteiger partial charge in [0.15, 0.2) is 0 Å². The first-order valence-electron chi connectivity index (χ1n) is 7.63. The molecule has 130 valence electrons. The zero-order valence-corrected chi connectivity index (χ0v) is 13.4. The van der Waals surface area contributed by atoms with E-state index in [9.17, 15) is 28.0 Å². The number of aromatic nitrogens is 2. The molecule has 0 saturated carbocycles. The number of alkyl halides is 3. The number of hydrogen-bond acceptors (Lipinski definition) is 4. The van der Waals surface area contributed by atoms with E-state index in [1.54, 1.807) is 13.8 Å². The van der Waals surface area contributed by atoms with Crippen molar-refractivity contribution in [3.8, 4) is 6.07 Å². The van der Waals surface area contributed by atoms with Gasteiger partial charge in [-0.1, -0.05) is 13.8 Å². The first kappa shape index (κ1) is 18.0. The summed E-state index contributed by atoms with van der Waals surface area (Å²) in [4.78, 5) is 25.4. The van der Waals surface area contributed by atoms with Gasteiger partial charge in [0.05, 0.1) is 5.69 Å². The third-order valence-electron chi connectivity index (χ3n) is 4.04. The SMILES string of the molecule is CCc1nn([C@H]2CCN(CC(F)(F)F)C2=O)c(=O)c(C#N)c1CC. The van der Waals surface area contributed by atoms with Gasteiger partial charge in [0, 0.05) is 6.54 Å². The second-order valence-electron chi connectivity index (χ2n) is 5.55. The van der Waals surface area contributed by atoms with Crippen molar-refractivity contribution in [1.82, 2.24) is 14.7 Å². The van der Waals surface area contributed by atoms with Gasteiger partial charge in [0.25, 0.3) is 5.56 Å². The Hall–Kier alpha value is -2.37. The largest absolute Gasteiger partial charge is 0.406 e. The number of aryl methyl sites for hydroxylation is 1. The molecule has 6 nitrogen and oxygen atoms in total. The van der Waals surface area contributed by atoms with Crippen LogP contribution in [0.2, 0.25) is 0 Å². The molecule has 1 amide bonds. The van der Waals surface area contributed by atoms with E-state index in [0.29, 0.717) is 29.0 Å². The predicted octanol–water partition coefficient (Wildman–Crippen LogP) is 1.58. The molecule has 1 atom stereocenters. The molecule has 9 heteroatoms. The summed E-state index contributed by atoms with van der Waals surface area (Å²) in [6.07, 6.45) is -3.55. The zero-order chi connectivity index (χ0) is 18.1. The van der Waals surface area contributed by atoms with Crippen molar-refractivity contribution in [3.05, 3.63) is 27.2 Å². The predicted molar refractivity (Wildman–Crippen MR) is 78.3 cm³/mol. The van der Waals surface area contributed by atoms with E-state index < -0.39 is 30.2 Å². The lowest BCUT2D eigenvalue weighted by atomic mass is 10.0. The van der Waals surface area contributed by atoms with Crippen molar-refractivity contribution in [2.24, 2.45) is 0 Å². The lowest BCUT2D eigenvalue weighted by molar-refractivity contribution is -0.158. The maximum Gasteiger partial charge on any atom is 0.406 e. The minimum Gasteiger partial charge on any atom is -0.332 e. The van der Waals surface area contributed by atoms with E-state index in [1.165, 1.54) is 0 Å². The molecule has 2 heterocycles. The smallest absolute Gasteiger partial charge is 0.332 e. The van der Waals surface area contributed by atoms with Gasteiger partial charge in [-0.05, 0) is 24.8 Å². The van der Waals surface area contributed by atoms with Gasteiger partial charge < -0.3 is 4.90 Å². The maximum absolute atomic E-state index is 12.5. The molecule has 0 N–H and O–H groups in total. The second kappa shape index (κ2) is 6.63. The summed E-state index contributed by atoms with van der Waals surface area (Å²) in [6, 6.07) is 0.745. The summed E-state index contributed by atoms with van der Waals surface area (Å²) in [5, 5.41) is 13.4. The number of rotatable bonds is 4. The second-order valence-corrected chi connectivity index (χ2v) is 5.55. The Labute approximate surface area is 136 Å². The molecule has 0 bridgehead atoms. The van der Waals surface area contributed by atoms with E-state index in [1.807, 2.05) is 6.07 Å². The first-order chi connectivity index (χ1) is 11.2. The summed E-state index contributed by atoms with van der Waals surface area (Å²) in [7, 11) is 0. The topological polar surface area (TPSA) is 79.0 Å². The van der Waals surface area contributed by atoms with Crippen LogP contribution in [0, 0.1) is 11.3 Å². The van der Waals surface area contributed by atoms with Crippen molar-refractivity contribution >= 4 is 5.91 Å². The fourth-order valence-electron chi connectivity index (χ4n) is 2.94. The molecule has 2 rings (SSSR count). The Balaban J connectivity index is 2.45. The van der Waals surface area contributed by atoms with E-state index in [2.05, 4.69) is 5.10 Å². The lowest BCUT2D eigenvalue weighted by Gasteiger charge is -2.19. The molecule has 0 radical (unpaired) electrons. The molecule has 0 unspecified atom stereocenters. The Kier molecular flexibility index (Phi) is 4.96. The minimum absolute atomic E-state index is 0.0569. The van der Waals surface area contributed by atoms with Gasteiger partial charge >= 0.3 is 6.18 Å². The van der Waals surface area contributed by atoms with Crippen LogP contribution in [-0.4, -0.2) is 39.9 Å². The highest BCUT2D eigenvalue weighted by atomic mass is 19.4. The molecular formula is C15H17F3N4O2. The van der Waals surface area contributed by atoms with E-state index in [0.717, 1.165) is 4.68 Å². The number of carbonyl (C=O) groups excluding carboxylic acids is 1. The summed E-state index contributed by atoms with van der Waals surface area (Å²) in [5.74, 6) is -0.794. The number of likely N-dealkylation sites (tertiary alicyclic amines) is 1. The molecule has 1 aromatic heterocycles. The monoisotopic (exact) mass is 342 g/mol. The molecule has 0 aromatic carbocycles. The Morgan fingerprint density at radius 2 is 1.96 bits per heavy atom. The minimum atomic E-state index is -4.50. The maximum atomic E-state index is 12.5. The molecule has 1 aliphatic rings. The number of nitriles is 1. The molecule has 1 aliphatic heterocycles. The number of halogens is 3. The van der Waals surface area contributed by atoms with Crippen LogP contribution in [0.15, 0.2) is 4.79 Å². The number of carbonyl (C=O) groups is 1. The third kappa shape index (κ3) is 3.27. The van der Waals surface area contributed by atoms with Crippen LogP contribution >= 0.6 is 0 Å². The average molecular weight is 342 g/mol. The van der Waals surface area contributed by atoms with Gasteiger partial charge in [0.2, 0.25) is 5.91 Å². The molecule has 0 aliphatic carbocycles. The van der Waals surface area contributed by atoms with Gasteiger partial charge in [-0.15, -0.1) is 0 Å². The number of hydrogen-bond donors (Lipinski definition) is 0. The van der Waals surface area contributed by atoms with Crippen LogP contribution in [0.5, 0.6) is 0 Å². The van der Waals surface area contributed by atoms with Crippen LogP contribution in [0.4, 0.5) is 13.2 Å². The van der Waals surface area contributed by atoms with Crippen molar-refractivity contribution in [2.75, 3.05) is 13.1 Å². The van der Waals surface area contributed by atoms with Crippen molar-refractivity contribution in [3.63, 3.8) is 0 Å². The van der Waals surface area contributed by atoms with Crippen LogP contribution in [0.25, 0.3) is 0 Å². The zero-order valence-electron chi connectivity index (χ0n) is 13.4. The van der Waals surface area contributed by atoms with Crippen LogP contribution in [-0.2, 0) is 17.6 Å². The molecule has 1 aromatic rings. The van der Waals surface area contributed by atoms with Crippen LogP contribution < -0.4 is 5.56 Å². The average Bonchev–Trinajstić information content (AvgIpc) is 2.85. The molecule has 1 fully saturated rings. The van der Waals surface area contributed by atoms with E-state index >= 15 is 0 Å². The molecular weight excluding hydrogens is 325 g/mol. The first-order valence-corrected chi connectivity index (χ1v) is 7.63. The lowest BCUT2D eigenvalue weighted by Crippen LogP contribution is -2.39. The normalized spacial score (nSPS) is 18.1.